The van der Waals surface area contributed by atoms with Gasteiger partial charge in [-0.05, 0) is 19.4 Å². The van der Waals surface area contributed by atoms with E-state index in [4.69, 9.17) is 4.74 Å². The van der Waals surface area contributed by atoms with Crippen molar-refractivity contribution >= 4 is 27.4 Å². The summed E-state index contributed by atoms with van der Waals surface area (Å²) in [6.07, 6.45) is 0. The minimum absolute atomic E-state index is 0.186. The number of rotatable bonds is 5. The Morgan fingerprint density at radius 1 is 1.23 bits per heavy atom. The molecule has 2 heterocycles. The first-order valence-corrected chi connectivity index (χ1v) is 8.13. The number of aryl methyl sites for hydroxylation is 1. The molecule has 1 atom stereocenters. The number of benzene rings is 1. The van der Waals surface area contributed by atoms with E-state index in [0.29, 0.717) is 6.61 Å². The van der Waals surface area contributed by atoms with Crippen molar-refractivity contribution in [2.45, 2.75) is 19.9 Å². The van der Waals surface area contributed by atoms with E-state index in [1.807, 2.05) is 13.0 Å². The van der Waals surface area contributed by atoms with Crippen LogP contribution < -0.4 is 5.32 Å². The smallest absolute Gasteiger partial charge is 0.139 e. The van der Waals surface area contributed by atoms with Crippen LogP contribution in [0.1, 0.15) is 12.7 Å². The molecule has 0 radical (unpaired) electrons. The quantitative estimate of drug-likeness (QED) is 0.770. The molecule has 0 saturated heterocycles. The number of anilines is 1. The predicted molar refractivity (Wildman–Crippen MR) is 92.5 cm³/mol. The molecule has 22 heavy (non-hydrogen) atoms. The molecule has 2 aromatic heterocycles. The molecule has 5 heteroatoms. The molecule has 3 rings (SSSR count). The Hall–Kier alpha value is -1.98. The standard InChI is InChI=1S/C17H19N3OS/c1-11(9-21-3)18-16-15-14(13-7-5-4-6-8-13)10-22-17(15)20-12(2)19-16/h4-8,10-11H,9H2,1-3H3,(H,18,19,20)/t11-/m1/s1. The van der Waals surface area contributed by atoms with Crippen LogP contribution in [0, 0.1) is 6.92 Å². The summed E-state index contributed by atoms with van der Waals surface area (Å²) in [5.74, 6) is 1.66. The first-order chi connectivity index (χ1) is 10.7. The third-order valence-corrected chi connectivity index (χ3v) is 4.30. The Balaban J connectivity index is 2.12. The molecule has 0 aliphatic carbocycles. The molecule has 0 spiro atoms. The maximum absolute atomic E-state index is 5.21. The van der Waals surface area contributed by atoms with Crippen LogP contribution in [0.3, 0.4) is 0 Å². The Morgan fingerprint density at radius 3 is 2.73 bits per heavy atom. The van der Waals surface area contributed by atoms with E-state index in [0.717, 1.165) is 21.9 Å². The van der Waals surface area contributed by atoms with Crippen molar-refractivity contribution in [1.82, 2.24) is 9.97 Å². The molecular formula is C17H19N3OS. The van der Waals surface area contributed by atoms with Gasteiger partial charge in [-0.3, -0.25) is 0 Å². The highest BCUT2D eigenvalue weighted by Crippen LogP contribution is 2.36. The van der Waals surface area contributed by atoms with Gasteiger partial charge in [-0.15, -0.1) is 11.3 Å². The van der Waals surface area contributed by atoms with Crippen LogP contribution in [-0.2, 0) is 4.74 Å². The van der Waals surface area contributed by atoms with Gasteiger partial charge in [0.25, 0.3) is 0 Å². The van der Waals surface area contributed by atoms with Gasteiger partial charge in [0, 0.05) is 24.1 Å². The summed E-state index contributed by atoms with van der Waals surface area (Å²) in [7, 11) is 1.71. The number of methoxy groups -OCH3 is 1. The second-order valence-corrected chi connectivity index (χ2v) is 6.17. The van der Waals surface area contributed by atoms with Gasteiger partial charge in [0.15, 0.2) is 0 Å². The average molecular weight is 313 g/mol. The highest BCUT2D eigenvalue weighted by Gasteiger charge is 2.15. The van der Waals surface area contributed by atoms with Crippen molar-refractivity contribution in [1.29, 1.82) is 0 Å². The Kier molecular flexibility index (Phi) is 4.36. The number of ether oxygens (including phenoxy) is 1. The van der Waals surface area contributed by atoms with Crippen molar-refractivity contribution < 1.29 is 4.74 Å². The summed E-state index contributed by atoms with van der Waals surface area (Å²) in [4.78, 5) is 10.2. The number of nitrogens with one attached hydrogen (secondary N) is 1. The van der Waals surface area contributed by atoms with Crippen molar-refractivity contribution in [2.24, 2.45) is 0 Å². The number of thiophene rings is 1. The first-order valence-electron chi connectivity index (χ1n) is 7.25. The highest BCUT2D eigenvalue weighted by molar-refractivity contribution is 7.17. The summed E-state index contributed by atoms with van der Waals surface area (Å²) >= 11 is 1.66. The van der Waals surface area contributed by atoms with E-state index < -0.39 is 0 Å². The van der Waals surface area contributed by atoms with Gasteiger partial charge in [-0.2, -0.15) is 0 Å². The van der Waals surface area contributed by atoms with Crippen LogP contribution in [0.15, 0.2) is 35.7 Å². The monoisotopic (exact) mass is 313 g/mol. The van der Waals surface area contributed by atoms with E-state index in [9.17, 15) is 0 Å². The normalized spacial score (nSPS) is 12.5. The minimum atomic E-state index is 0.186. The van der Waals surface area contributed by atoms with Gasteiger partial charge in [-0.25, -0.2) is 9.97 Å². The molecule has 0 aliphatic rings. The first kappa shape index (κ1) is 14.9. The summed E-state index contributed by atoms with van der Waals surface area (Å²) in [5.41, 5.74) is 2.36. The molecule has 0 unspecified atom stereocenters. The lowest BCUT2D eigenvalue weighted by Crippen LogP contribution is -2.21. The van der Waals surface area contributed by atoms with Gasteiger partial charge >= 0.3 is 0 Å². The van der Waals surface area contributed by atoms with Crippen LogP contribution in [0.2, 0.25) is 0 Å². The van der Waals surface area contributed by atoms with E-state index in [1.165, 1.54) is 11.1 Å². The fraction of sp³-hybridized carbons (Fsp3) is 0.294. The summed E-state index contributed by atoms with van der Waals surface area (Å²) in [6.45, 7) is 4.64. The number of fused-ring (bicyclic) bond motifs is 1. The second kappa shape index (κ2) is 6.42. The van der Waals surface area contributed by atoms with Crippen molar-refractivity contribution in [3.8, 4) is 11.1 Å². The Morgan fingerprint density at radius 2 is 2.00 bits per heavy atom. The summed E-state index contributed by atoms with van der Waals surface area (Å²) in [5, 5.41) is 6.69. The van der Waals surface area contributed by atoms with Crippen LogP contribution in [-0.4, -0.2) is 29.7 Å². The molecule has 0 saturated carbocycles. The number of hydrogen-bond donors (Lipinski definition) is 1. The van der Waals surface area contributed by atoms with Gasteiger partial charge in [0.1, 0.15) is 16.5 Å². The largest absolute Gasteiger partial charge is 0.383 e. The minimum Gasteiger partial charge on any atom is -0.383 e. The van der Waals surface area contributed by atoms with E-state index in [2.05, 4.69) is 51.9 Å². The maximum Gasteiger partial charge on any atom is 0.139 e. The van der Waals surface area contributed by atoms with Crippen LogP contribution in [0.5, 0.6) is 0 Å². The Bertz CT molecular complexity index is 770. The van der Waals surface area contributed by atoms with Gasteiger partial charge in [0.05, 0.1) is 12.0 Å². The second-order valence-electron chi connectivity index (χ2n) is 5.32. The van der Waals surface area contributed by atoms with E-state index in [-0.39, 0.29) is 6.04 Å². The lowest BCUT2D eigenvalue weighted by Gasteiger charge is -2.15. The topological polar surface area (TPSA) is 47.0 Å². The van der Waals surface area contributed by atoms with Crippen LogP contribution in [0.25, 0.3) is 21.3 Å². The number of nitrogens with zero attached hydrogens (tertiary/aromatic N) is 2. The van der Waals surface area contributed by atoms with Gasteiger partial charge in [0.2, 0.25) is 0 Å². The van der Waals surface area contributed by atoms with E-state index >= 15 is 0 Å². The zero-order valence-electron chi connectivity index (χ0n) is 13.0. The van der Waals surface area contributed by atoms with Gasteiger partial charge in [-0.1, -0.05) is 30.3 Å². The molecule has 1 N–H and O–H groups in total. The summed E-state index contributed by atoms with van der Waals surface area (Å²) < 4.78 is 5.21. The van der Waals surface area contributed by atoms with Gasteiger partial charge < -0.3 is 10.1 Å². The lowest BCUT2D eigenvalue weighted by molar-refractivity contribution is 0.190. The van der Waals surface area contributed by atoms with E-state index in [1.54, 1.807) is 18.4 Å². The molecule has 3 aromatic rings. The molecule has 4 nitrogen and oxygen atoms in total. The zero-order valence-corrected chi connectivity index (χ0v) is 13.8. The van der Waals surface area contributed by atoms with Crippen molar-refractivity contribution in [2.75, 3.05) is 19.0 Å². The number of aromatic nitrogens is 2. The molecule has 0 fully saturated rings. The average Bonchev–Trinajstić information content (AvgIpc) is 2.92. The fourth-order valence-corrected chi connectivity index (χ4v) is 3.50. The summed E-state index contributed by atoms with van der Waals surface area (Å²) in [6, 6.07) is 10.5. The third-order valence-electron chi connectivity index (χ3n) is 3.43. The SMILES string of the molecule is COC[C@@H](C)Nc1nc(C)nc2scc(-c3ccccc3)c12. The molecular weight excluding hydrogens is 294 g/mol. The maximum atomic E-state index is 5.21. The molecule has 114 valence electrons. The third kappa shape index (κ3) is 2.96. The zero-order chi connectivity index (χ0) is 15.5. The highest BCUT2D eigenvalue weighted by atomic mass is 32.1. The van der Waals surface area contributed by atoms with Crippen molar-refractivity contribution in [3.05, 3.63) is 41.5 Å². The fourth-order valence-electron chi connectivity index (χ4n) is 2.51. The van der Waals surface area contributed by atoms with Crippen LogP contribution >= 0.6 is 11.3 Å². The predicted octanol–water partition coefficient (Wildman–Crippen LogP) is 4.11. The van der Waals surface area contributed by atoms with Crippen molar-refractivity contribution in [3.63, 3.8) is 0 Å². The lowest BCUT2D eigenvalue weighted by atomic mass is 10.1. The molecule has 1 aromatic carbocycles. The number of hydrogen-bond acceptors (Lipinski definition) is 5. The molecule has 0 bridgehead atoms. The molecule has 0 amide bonds. The Labute approximate surface area is 134 Å². The molecule has 0 aliphatic heterocycles. The van der Waals surface area contributed by atoms with Crippen LogP contribution in [0.4, 0.5) is 5.82 Å².